The van der Waals surface area contributed by atoms with E-state index in [1.165, 1.54) is 11.8 Å². The Balaban J connectivity index is 1.54. The maximum absolute atomic E-state index is 12.9. The Kier molecular flexibility index (Phi) is 6.79. The summed E-state index contributed by atoms with van der Waals surface area (Å²) >= 11 is 1.39. The van der Waals surface area contributed by atoms with Crippen molar-refractivity contribution in [2.45, 2.75) is 55.7 Å². The number of nitrogens with one attached hydrogen (secondary N) is 1. The van der Waals surface area contributed by atoms with Crippen LogP contribution in [0.3, 0.4) is 0 Å². The zero-order chi connectivity index (χ0) is 23.8. The van der Waals surface area contributed by atoms with Gasteiger partial charge in [-0.25, -0.2) is 13.4 Å². The quantitative estimate of drug-likeness (QED) is 0.496. The average Bonchev–Trinajstić information content (AvgIpc) is 3.32. The molecule has 4 rings (SSSR count). The van der Waals surface area contributed by atoms with E-state index < -0.39 is 10.0 Å². The molecule has 8 heteroatoms. The van der Waals surface area contributed by atoms with Crippen molar-refractivity contribution >= 4 is 44.3 Å². The molecule has 1 atom stereocenters. The van der Waals surface area contributed by atoms with Crippen LogP contribution in [0, 0.1) is 20.8 Å². The van der Waals surface area contributed by atoms with Crippen molar-refractivity contribution in [2.75, 3.05) is 18.4 Å². The maximum atomic E-state index is 12.9. The number of fused-ring (bicyclic) bond motifs is 1. The molecule has 3 aromatic rings. The lowest BCUT2D eigenvalue weighted by molar-refractivity contribution is -0.115. The highest BCUT2D eigenvalue weighted by atomic mass is 32.2. The van der Waals surface area contributed by atoms with E-state index in [0.29, 0.717) is 18.0 Å². The number of amides is 1. The number of aromatic nitrogens is 1. The molecule has 33 heavy (non-hydrogen) atoms. The Hall–Kier alpha value is -2.42. The van der Waals surface area contributed by atoms with Crippen LogP contribution in [0.5, 0.6) is 0 Å². The normalized spacial score (nSPS) is 15.6. The average molecular weight is 484 g/mol. The van der Waals surface area contributed by atoms with Crippen LogP contribution in [0.25, 0.3) is 10.9 Å². The molecule has 0 bridgehead atoms. The van der Waals surface area contributed by atoms with Crippen LogP contribution in [0.4, 0.5) is 5.69 Å². The van der Waals surface area contributed by atoms with Crippen LogP contribution in [0.1, 0.15) is 36.5 Å². The molecule has 0 unspecified atom stereocenters. The van der Waals surface area contributed by atoms with Crippen molar-refractivity contribution in [3.8, 4) is 0 Å². The number of rotatable bonds is 6. The highest BCUT2D eigenvalue weighted by Crippen LogP contribution is 2.30. The zero-order valence-electron chi connectivity index (χ0n) is 19.4. The van der Waals surface area contributed by atoms with E-state index in [1.54, 1.807) is 22.5 Å². The summed E-state index contributed by atoms with van der Waals surface area (Å²) in [6, 6.07) is 13.0. The molecule has 0 aliphatic carbocycles. The number of carbonyl (C=O) groups excluding carboxylic acids is 1. The number of hydrogen-bond acceptors (Lipinski definition) is 5. The lowest BCUT2D eigenvalue weighted by atomic mass is 10.1. The molecule has 1 aliphatic heterocycles. The van der Waals surface area contributed by atoms with Gasteiger partial charge in [-0.3, -0.25) is 4.79 Å². The van der Waals surface area contributed by atoms with E-state index in [0.717, 1.165) is 51.1 Å². The van der Waals surface area contributed by atoms with Crippen LogP contribution in [-0.4, -0.2) is 42.0 Å². The Morgan fingerprint density at radius 2 is 1.76 bits per heavy atom. The van der Waals surface area contributed by atoms with Gasteiger partial charge in [-0.15, -0.1) is 0 Å². The van der Waals surface area contributed by atoms with Gasteiger partial charge in [0.05, 0.1) is 20.7 Å². The number of anilines is 1. The highest BCUT2D eigenvalue weighted by Gasteiger charge is 2.27. The Bertz CT molecular complexity index is 1320. The fourth-order valence-corrected chi connectivity index (χ4v) is 6.45. The third-order valence-electron chi connectivity index (χ3n) is 5.98. The molecule has 1 N–H and O–H groups in total. The van der Waals surface area contributed by atoms with Crippen LogP contribution >= 0.6 is 11.8 Å². The van der Waals surface area contributed by atoms with Crippen molar-refractivity contribution in [3.63, 3.8) is 0 Å². The van der Waals surface area contributed by atoms with Gasteiger partial charge < -0.3 is 5.32 Å². The summed E-state index contributed by atoms with van der Waals surface area (Å²) in [7, 11) is -3.48. The van der Waals surface area contributed by atoms with Gasteiger partial charge in [0.25, 0.3) is 0 Å². The van der Waals surface area contributed by atoms with E-state index >= 15 is 0 Å². The van der Waals surface area contributed by atoms with E-state index in [9.17, 15) is 13.2 Å². The Labute approximate surface area is 199 Å². The second-order valence-corrected chi connectivity index (χ2v) is 11.9. The van der Waals surface area contributed by atoms with Gasteiger partial charge in [-0.05, 0) is 87.6 Å². The van der Waals surface area contributed by atoms with Gasteiger partial charge in [-0.2, -0.15) is 4.31 Å². The molecule has 174 valence electrons. The molecule has 2 aromatic carbocycles. The van der Waals surface area contributed by atoms with Crippen LogP contribution in [0.2, 0.25) is 0 Å². The molecule has 0 radical (unpaired) electrons. The number of nitrogens with zero attached hydrogens (tertiary/aromatic N) is 2. The number of aryl methyl sites for hydroxylation is 3. The summed E-state index contributed by atoms with van der Waals surface area (Å²) in [5.41, 5.74) is 4.59. The number of hydrogen-bond donors (Lipinski definition) is 1. The molecule has 2 heterocycles. The van der Waals surface area contributed by atoms with Crippen molar-refractivity contribution in [1.82, 2.24) is 9.29 Å². The molecule has 1 amide bonds. The predicted molar refractivity (Wildman–Crippen MR) is 134 cm³/mol. The first-order valence-corrected chi connectivity index (χ1v) is 13.4. The molecule has 1 fully saturated rings. The minimum atomic E-state index is -3.48. The molecular weight excluding hydrogens is 454 g/mol. The number of benzene rings is 2. The van der Waals surface area contributed by atoms with Crippen LogP contribution < -0.4 is 5.32 Å². The van der Waals surface area contributed by atoms with Gasteiger partial charge in [0.15, 0.2) is 0 Å². The summed E-state index contributed by atoms with van der Waals surface area (Å²) < 4.78 is 27.4. The lowest BCUT2D eigenvalue weighted by Gasteiger charge is -2.17. The maximum Gasteiger partial charge on any atom is 0.243 e. The van der Waals surface area contributed by atoms with E-state index in [-0.39, 0.29) is 11.2 Å². The SMILES string of the molecule is Cc1ccc(C)c(NC(=O)[C@H](C)Sc2cc(C)c3cc(S(=O)(=O)N4CCCC4)ccc3n2)c1. The zero-order valence-corrected chi connectivity index (χ0v) is 21.0. The first kappa shape index (κ1) is 23.7. The second-order valence-electron chi connectivity index (χ2n) is 8.64. The Morgan fingerprint density at radius 3 is 2.48 bits per heavy atom. The highest BCUT2D eigenvalue weighted by molar-refractivity contribution is 8.00. The summed E-state index contributed by atoms with van der Waals surface area (Å²) in [6.45, 7) is 8.93. The van der Waals surface area contributed by atoms with Crippen molar-refractivity contribution in [2.24, 2.45) is 0 Å². The van der Waals surface area contributed by atoms with Crippen LogP contribution in [0.15, 0.2) is 52.4 Å². The predicted octanol–water partition coefficient (Wildman–Crippen LogP) is 5.06. The third kappa shape index (κ3) is 5.08. The molecular formula is C25H29N3O3S2. The number of pyridine rings is 1. The van der Waals surface area contributed by atoms with Gasteiger partial charge in [0.2, 0.25) is 15.9 Å². The van der Waals surface area contributed by atoms with E-state index in [1.807, 2.05) is 52.0 Å². The summed E-state index contributed by atoms with van der Waals surface area (Å²) in [4.78, 5) is 17.8. The first-order chi connectivity index (χ1) is 15.6. The van der Waals surface area contributed by atoms with Crippen molar-refractivity contribution in [3.05, 3.63) is 59.2 Å². The topological polar surface area (TPSA) is 79.4 Å². The van der Waals surface area contributed by atoms with Crippen LogP contribution in [-0.2, 0) is 14.8 Å². The molecule has 0 saturated carbocycles. The minimum absolute atomic E-state index is 0.0831. The second kappa shape index (κ2) is 9.44. The third-order valence-corrected chi connectivity index (χ3v) is 8.90. The summed E-state index contributed by atoms with van der Waals surface area (Å²) in [5.74, 6) is -0.0831. The fourth-order valence-electron chi connectivity index (χ4n) is 3.98. The fraction of sp³-hybridized carbons (Fsp3) is 0.360. The number of sulfonamides is 1. The summed E-state index contributed by atoms with van der Waals surface area (Å²) in [5, 5.41) is 4.22. The van der Waals surface area contributed by atoms with Gasteiger partial charge in [0, 0.05) is 24.2 Å². The number of thioether (sulfide) groups is 1. The molecule has 1 aliphatic rings. The summed E-state index contributed by atoms with van der Waals surface area (Å²) in [6.07, 6.45) is 1.81. The Morgan fingerprint density at radius 1 is 1.03 bits per heavy atom. The molecule has 6 nitrogen and oxygen atoms in total. The number of carbonyl (C=O) groups is 1. The standard InChI is InChI=1S/C25H29N3O3S2/c1-16-7-8-17(2)23(13-16)27-25(29)19(4)32-24-14-18(3)21-15-20(9-10-22(21)26-24)33(30,31)28-11-5-6-12-28/h7-10,13-15,19H,5-6,11-12H2,1-4H3,(H,27,29)/t19-/m0/s1. The van der Waals surface area contributed by atoms with Gasteiger partial charge in [0.1, 0.15) is 0 Å². The minimum Gasteiger partial charge on any atom is -0.325 e. The van der Waals surface area contributed by atoms with Gasteiger partial charge >= 0.3 is 0 Å². The van der Waals surface area contributed by atoms with Gasteiger partial charge in [-0.1, -0.05) is 23.9 Å². The largest absolute Gasteiger partial charge is 0.325 e. The van der Waals surface area contributed by atoms with E-state index in [4.69, 9.17) is 4.98 Å². The van der Waals surface area contributed by atoms with Crippen molar-refractivity contribution in [1.29, 1.82) is 0 Å². The smallest absolute Gasteiger partial charge is 0.243 e. The molecule has 1 aromatic heterocycles. The monoisotopic (exact) mass is 483 g/mol. The van der Waals surface area contributed by atoms with Crippen molar-refractivity contribution < 1.29 is 13.2 Å². The molecule has 1 saturated heterocycles. The molecule has 0 spiro atoms. The van der Waals surface area contributed by atoms with E-state index in [2.05, 4.69) is 5.32 Å². The first-order valence-electron chi connectivity index (χ1n) is 11.1. The lowest BCUT2D eigenvalue weighted by Crippen LogP contribution is -2.27.